The smallest absolute Gasteiger partial charge is 0.142 e. The van der Waals surface area contributed by atoms with Gasteiger partial charge in [-0.05, 0) is 5.21 Å². The first-order valence-electron chi connectivity index (χ1n) is 4.53. The molecule has 0 aliphatic rings. The van der Waals surface area contributed by atoms with E-state index in [2.05, 4.69) is 25.6 Å². The highest BCUT2D eigenvalue weighted by molar-refractivity contribution is 5.88. The fourth-order valence-corrected chi connectivity index (χ4v) is 1.49. The van der Waals surface area contributed by atoms with Gasteiger partial charge in [-0.25, -0.2) is 0 Å². The van der Waals surface area contributed by atoms with Gasteiger partial charge in [0.25, 0.3) is 0 Å². The third-order valence-electron chi connectivity index (χ3n) is 2.20. The number of benzene rings is 1. The molecule has 3 aromatic rings. The predicted molar refractivity (Wildman–Crippen MR) is 54.9 cm³/mol. The molecule has 0 fully saturated rings. The summed E-state index contributed by atoms with van der Waals surface area (Å²) in [5.41, 5.74) is 3.37. The van der Waals surface area contributed by atoms with Gasteiger partial charge in [0.1, 0.15) is 16.7 Å². The highest BCUT2D eigenvalue weighted by Gasteiger charge is 2.08. The molecule has 5 heteroatoms. The van der Waals surface area contributed by atoms with Crippen LogP contribution in [-0.4, -0.2) is 25.6 Å². The van der Waals surface area contributed by atoms with E-state index < -0.39 is 0 Å². The van der Waals surface area contributed by atoms with E-state index in [0.717, 1.165) is 22.3 Å². The Bertz CT molecular complexity index is 587. The van der Waals surface area contributed by atoms with Crippen molar-refractivity contribution in [2.24, 2.45) is 0 Å². The molecular formula is C10H7N5. The van der Waals surface area contributed by atoms with E-state index >= 15 is 0 Å². The van der Waals surface area contributed by atoms with Gasteiger partial charge in [0.05, 0.1) is 6.20 Å². The molecule has 0 bridgehead atoms. The number of nitrogens with one attached hydrogen (secondary N) is 1. The minimum absolute atomic E-state index is 0.746. The van der Waals surface area contributed by atoms with Gasteiger partial charge in [-0.3, -0.25) is 5.10 Å². The number of hydrogen-bond donors (Lipinski definition) is 1. The number of hydrogen-bond acceptors (Lipinski definition) is 4. The average molecular weight is 197 g/mol. The van der Waals surface area contributed by atoms with Crippen molar-refractivity contribution in [1.29, 1.82) is 0 Å². The highest BCUT2D eigenvalue weighted by atomic mass is 15.3. The highest BCUT2D eigenvalue weighted by Crippen LogP contribution is 2.22. The summed E-state index contributed by atoms with van der Waals surface area (Å²) in [6.07, 6.45) is 1.61. The number of aromatic nitrogens is 5. The molecule has 0 amide bonds. The maximum atomic E-state index is 4.20. The molecule has 1 aromatic carbocycles. The zero-order valence-corrected chi connectivity index (χ0v) is 7.75. The van der Waals surface area contributed by atoms with Crippen molar-refractivity contribution in [3.63, 3.8) is 0 Å². The van der Waals surface area contributed by atoms with Crippen LogP contribution >= 0.6 is 0 Å². The number of aromatic amines is 1. The summed E-state index contributed by atoms with van der Waals surface area (Å²) in [5.74, 6) is 0. The van der Waals surface area contributed by atoms with E-state index in [-0.39, 0.29) is 0 Å². The van der Waals surface area contributed by atoms with Crippen molar-refractivity contribution in [2.45, 2.75) is 0 Å². The van der Waals surface area contributed by atoms with Crippen molar-refractivity contribution in [2.75, 3.05) is 0 Å². The molecule has 2 aromatic heterocycles. The summed E-state index contributed by atoms with van der Waals surface area (Å²) < 4.78 is 0. The van der Waals surface area contributed by atoms with Crippen LogP contribution in [0.4, 0.5) is 0 Å². The van der Waals surface area contributed by atoms with Gasteiger partial charge in [-0.15, -0.1) is 10.2 Å². The second-order valence-electron chi connectivity index (χ2n) is 3.13. The quantitative estimate of drug-likeness (QED) is 0.640. The van der Waals surface area contributed by atoms with E-state index in [9.17, 15) is 0 Å². The van der Waals surface area contributed by atoms with E-state index in [4.69, 9.17) is 0 Å². The Morgan fingerprint density at radius 2 is 1.93 bits per heavy atom. The molecule has 0 saturated heterocycles. The van der Waals surface area contributed by atoms with Gasteiger partial charge < -0.3 is 0 Å². The molecular weight excluding hydrogens is 190 g/mol. The Labute approximate surface area is 85.2 Å². The summed E-state index contributed by atoms with van der Waals surface area (Å²) in [6, 6.07) is 9.86. The first kappa shape index (κ1) is 8.05. The van der Waals surface area contributed by atoms with Gasteiger partial charge >= 0.3 is 0 Å². The van der Waals surface area contributed by atoms with Crippen LogP contribution in [0.3, 0.4) is 0 Å². The normalized spacial score (nSPS) is 10.7. The van der Waals surface area contributed by atoms with E-state index in [1.165, 1.54) is 0 Å². The van der Waals surface area contributed by atoms with E-state index in [0.29, 0.717) is 0 Å². The molecule has 0 unspecified atom stereocenters. The Morgan fingerprint density at radius 1 is 1.07 bits per heavy atom. The number of H-pyrrole nitrogens is 1. The lowest BCUT2D eigenvalue weighted by molar-refractivity contribution is 0.895. The zero-order chi connectivity index (χ0) is 10.1. The molecule has 0 aliphatic carbocycles. The van der Waals surface area contributed by atoms with Crippen LogP contribution in [0.5, 0.6) is 0 Å². The zero-order valence-electron chi connectivity index (χ0n) is 7.75. The van der Waals surface area contributed by atoms with Crippen molar-refractivity contribution < 1.29 is 0 Å². The lowest BCUT2D eigenvalue weighted by Gasteiger charge is -1.94. The average Bonchev–Trinajstić information content (AvgIpc) is 2.74. The Morgan fingerprint density at radius 3 is 2.80 bits per heavy atom. The van der Waals surface area contributed by atoms with Crippen LogP contribution < -0.4 is 0 Å². The molecule has 0 atom stereocenters. The topological polar surface area (TPSA) is 67.3 Å². The molecule has 2 heterocycles. The van der Waals surface area contributed by atoms with E-state index in [1.54, 1.807) is 6.20 Å². The lowest BCUT2D eigenvalue weighted by atomic mass is 10.1. The largest absolute Gasteiger partial charge is 0.274 e. The van der Waals surface area contributed by atoms with Crippen molar-refractivity contribution in [1.82, 2.24) is 25.6 Å². The summed E-state index contributed by atoms with van der Waals surface area (Å²) in [6.45, 7) is 0. The SMILES string of the molecule is c1ccc(-c2n[nH]c3cnnnc23)cc1. The first-order chi connectivity index (χ1) is 7.45. The minimum Gasteiger partial charge on any atom is -0.274 e. The predicted octanol–water partition coefficient (Wildman–Crippen LogP) is 1.41. The summed E-state index contributed by atoms with van der Waals surface area (Å²) in [5, 5.41) is 18.3. The third-order valence-corrected chi connectivity index (χ3v) is 2.20. The molecule has 3 rings (SSSR count). The summed E-state index contributed by atoms with van der Waals surface area (Å²) >= 11 is 0. The van der Waals surface area contributed by atoms with Crippen LogP contribution in [0, 0.1) is 0 Å². The first-order valence-corrected chi connectivity index (χ1v) is 4.53. The standard InChI is InChI=1S/C10H7N5/c1-2-4-7(5-3-1)9-10-8(12-13-9)6-11-15-14-10/h1-6H,(H,12,13). The van der Waals surface area contributed by atoms with Crippen molar-refractivity contribution in [3.8, 4) is 11.3 Å². The Hall–Kier alpha value is -2.30. The number of fused-ring (bicyclic) bond motifs is 1. The van der Waals surface area contributed by atoms with Crippen molar-refractivity contribution in [3.05, 3.63) is 36.5 Å². The van der Waals surface area contributed by atoms with Crippen LogP contribution in [0.25, 0.3) is 22.3 Å². The Kier molecular flexibility index (Phi) is 1.68. The maximum Gasteiger partial charge on any atom is 0.142 e. The summed E-state index contributed by atoms with van der Waals surface area (Å²) in [7, 11) is 0. The van der Waals surface area contributed by atoms with Crippen molar-refractivity contribution >= 4 is 11.0 Å². The molecule has 1 N–H and O–H groups in total. The lowest BCUT2D eigenvalue weighted by Crippen LogP contribution is -1.86. The van der Waals surface area contributed by atoms with Crippen LogP contribution in [0.2, 0.25) is 0 Å². The molecule has 0 saturated carbocycles. The maximum absolute atomic E-state index is 4.20. The van der Waals surface area contributed by atoms with Gasteiger partial charge in [0.2, 0.25) is 0 Å². The molecule has 0 spiro atoms. The summed E-state index contributed by atoms with van der Waals surface area (Å²) in [4.78, 5) is 0. The van der Waals surface area contributed by atoms with Crippen LogP contribution in [-0.2, 0) is 0 Å². The van der Waals surface area contributed by atoms with Gasteiger partial charge in [-0.2, -0.15) is 5.10 Å². The molecule has 15 heavy (non-hydrogen) atoms. The van der Waals surface area contributed by atoms with Crippen LogP contribution in [0.15, 0.2) is 36.5 Å². The van der Waals surface area contributed by atoms with Gasteiger partial charge in [0.15, 0.2) is 0 Å². The fraction of sp³-hybridized carbons (Fsp3) is 0. The monoisotopic (exact) mass is 197 g/mol. The number of rotatable bonds is 1. The molecule has 5 nitrogen and oxygen atoms in total. The molecule has 72 valence electrons. The minimum atomic E-state index is 0.746. The van der Waals surface area contributed by atoms with Gasteiger partial charge in [0, 0.05) is 5.56 Å². The Balaban J connectivity index is 2.28. The second-order valence-corrected chi connectivity index (χ2v) is 3.13. The number of nitrogens with zero attached hydrogens (tertiary/aromatic N) is 4. The van der Waals surface area contributed by atoms with E-state index in [1.807, 2.05) is 30.3 Å². The third kappa shape index (κ3) is 1.25. The molecule has 0 aliphatic heterocycles. The van der Waals surface area contributed by atoms with Gasteiger partial charge in [-0.1, -0.05) is 30.3 Å². The second kappa shape index (κ2) is 3.13. The molecule has 0 radical (unpaired) electrons. The fourth-order valence-electron chi connectivity index (χ4n) is 1.49. The van der Waals surface area contributed by atoms with Crippen LogP contribution in [0.1, 0.15) is 0 Å².